The van der Waals surface area contributed by atoms with Crippen LogP contribution in [-0.4, -0.2) is 6.54 Å². The number of hydrogen-bond donors (Lipinski definition) is 1. The Kier molecular flexibility index (Phi) is 3.72. The van der Waals surface area contributed by atoms with Crippen molar-refractivity contribution in [3.05, 3.63) is 65.0 Å². The van der Waals surface area contributed by atoms with Crippen molar-refractivity contribution in [1.29, 1.82) is 0 Å². The van der Waals surface area contributed by atoms with Crippen LogP contribution in [0, 0.1) is 12.7 Å². The summed E-state index contributed by atoms with van der Waals surface area (Å²) in [7, 11) is 0. The van der Waals surface area contributed by atoms with Gasteiger partial charge in [0.15, 0.2) is 0 Å². The second kappa shape index (κ2) is 5.66. The fraction of sp³-hybridized carbons (Fsp3) is 0.333. The number of anilines is 1. The second-order valence-corrected chi connectivity index (χ2v) is 5.58. The maximum absolute atomic E-state index is 13.5. The lowest BCUT2D eigenvalue weighted by Gasteiger charge is -2.26. The van der Waals surface area contributed by atoms with E-state index in [0.717, 1.165) is 12.2 Å². The van der Waals surface area contributed by atoms with E-state index in [4.69, 9.17) is 0 Å². The number of halogens is 1. The van der Waals surface area contributed by atoms with E-state index >= 15 is 0 Å². The second-order valence-electron chi connectivity index (χ2n) is 5.58. The number of aryl methyl sites for hydroxylation is 1. The molecule has 0 amide bonds. The predicted octanol–water partition coefficient (Wildman–Crippen LogP) is 4.67. The molecular weight excluding hydrogens is 249 g/mol. The molecule has 0 fully saturated rings. The molecule has 1 nitrogen and oxygen atoms in total. The standard InChI is InChI=1S/C18H20FN/c1-13-17(19)10-5-11-18(13)20-12-15-8-4-7-14-6-2-3-9-16(14)15/h2-3,5-6,9-11,15,20H,4,7-8,12H2,1H3. The number of rotatable bonds is 3. The number of fused-ring (bicyclic) bond motifs is 1. The lowest BCUT2D eigenvalue weighted by molar-refractivity contribution is 0.571. The zero-order chi connectivity index (χ0) is 13.9. The average Bonchev–Trinajstić information content (AvgIpc) is 2.49. The molecule has 20 heavy (non-hydrogen) atoms. The van der Waals surface area contributed by atoms with Crippen LogP contribution >= 0.6 is 0 Å². The topological polar surface area (TPSA) is 12.0 Å². The summed E-state index contributed by atoms with van der Waals surface area (Å²) in [6.45, 7) is 2.70. The number of benzene rings is 2. The highest BCUT2D eigenvalue weighted by Crippen LogP contribution is 2.32. The first-order chi connectivity index (χ1) is 9.75. The molecule has 0 saturated heterocycles. The third-order valence-corrected chi connectivity index (χ3v) is 4.30. The third kappa shape index (κ3) is 2.55. The van der Waals surface area contributed by atoms with Crippen LogP contribution in [0.1, 0.15) is 35.4 Å². The van der Waals surface area contributed by atoms with Crippen LogP contribution in [0.3, 0.4) is 0 Å². The Morgan fingerprint density at radius 3 is 2.90 bits per heavy atom. The lowest BCUT2D eigenvalue weighted by Crippen LogP contribution is -2.18. The van der Waals surface area contributed by atoms with Gasteiger partial charge in [-0.1, -0.05) is 30.3 Å². The molecule has 1 aliphatic carbocycles. The maximum atomic E-state index is 13.5. The van der Waals surface area contributed by atoms with Crippen molar-refractivity contribution in [2.45, 2.75) is 32.1 Å². The Hall–Kier alpha value is -1.83. The minimum Gasteiger partial charge on any atom is -0.384 e. The summed E-state index contributed by atoms with van der Waals surface area (Å²) in [4.78, 5) is 0. The van der Waals surface area contributed by atoms with Gasteiger partial charge in [-0.2, -0.15) is 0 Å². The third-order valence-electron chi connectivity index (χ3n) is 4.30. The molecule has 0 saturated carbocycles. The molecule has 2 heteroatoms. The first-order valence-corrected chi connectivity index (χ1v) is 7.32. The zero-order valence-corrected chi connectivity index (χ0v) is 11.8. The molecule has 2 aromatic carbocycles. The Bertz CT molecular complexity index is 606. The highest BCUT2D eigenvalue weighted by molar-refractivity contribution is 5.51. The highest BCUT2D eigenvalue weighted by Gasteiger charge is 2.19. The van der Waals surface area contributed by atoms with Gasteiger partial charge in [-0.3, -0.25) is 0 Å². The Morgan fingerprint density at radius 1 is 1.15 bits per heavy atom. The van der Waals surface area contributed by atoms with Crippen molar-refractivity contribution >= 4 is 5.69 Å². The Morgan fingerprint density at radius 2 is 2.00 bits per heavy atom. The van der Waals surface area contributed by atoms with E-state index in [1.54, 1.807) is 6.07 Å². The van der Waals surface area contributed by atoms with Gasteiger partial charge in [0.05, 0.1) is 0 Å². The van der Waals surface area contributed by atoms with Gasteiger partial charge < -0.3 is 5.32 Å². The van der Waals surface area contributed by atoms with Gasteiger partial charge in [-0.25, -0.2) is 4.39 Å². The lowest BCUT2D eigenvalue weighted by atomic mass is 9.83. The first-order valence-electron chi connectivity index (χ1n) is 7.32. The predicted molar refractivity (Wildman–Crippen MR) is 81.7 cm³/mol. The van der Waals surface area contributed by atoms with E-state index in [0.29, 0.717) is 11.5 Å². The minimum absolute atomic E-state index is 0.140. The molecule has 0 aromatic heterocycles. The molecule has 1 atom stereocenters. The fourth-order valence-corrected chi connectivity index (χ4v) is 3.10. The van der Waals surface area contributed by atoms with E-state index in [1.165, 1.54) is 36.5 Å². The Labute approximate surface area is 119 Å². The monoisotopic (exact) mass is 269 g/mol. The van der Waals surface area contributed by atoms with Gasteiger partial charge in [0.25, 0.3) is 0 Å². The van der Waals surface area contributed by atoms with Gasteiger partial charge in [-0.15, -0.1) is 0 Å². The van der Waals surface area contributed by atoms with Gasteiger partial charge in [0.2, 0.25) is 0 Å². The van der Waals surface area contributed by atoms with Crippen LogP contribution in [0.15, 0.2) is 42.5 Å². The van der Waals surface area contributed by atoms with E-state index in [-0.39, 0.29) is 5.82 Å². The molecule has 2 aromatic rings. The van der Waals surface area contributed by atoms with E-state index in [9.17, 15) is 4.39 Å². The molecule has 1 N–H and O–H groups in total. The summed E-state index contributed by atoms with van der Waals surface area (Å²) in [5.41, 5.74) is 4.55. The molecule has 0 bridgehead atoms. The zero-order valence-electron chi connectivity index (χ0n) is 11.8. The SMILES string of the molecule is Cc1c(F)cccc1NCC1CCCc2ccccc21. The van der Waals surface area contributed by atoms with Crippen LogP contribution in [0.25, 0.3) is 0 Å². The van der Waals surface area contributed by atoms with Crippen LogP contribution < -0.4 is 5.32 Å². The molecular formula is C18H20FN. The van der Waals surface area contributed by atoms with Crippen molar-refractivity contribution in [3.63, 3.8) is 0 Å². The van der Waals surface area contributed by atoms with Crippen molar-refractivity contribution in [3.8, 4) is 0 Å². The smallest absolute Gasteiger partial charge is 0.128 e. The maximum Gasteiger partial charge on any atom is 0.128 e. The molecule has 1 aliphatic rings. The molecule has 0 aliphatic heterocycles. The van der Waals surface area contributed by atoms with Crippen LogP contribution in [0.5, 0.6) is 0 Å². The minimum atomic E-state index is -0.140. The molecule has 0 spiro atoms. The Balaban J connectivity index is 1.75. The molecule has 0 heterocycles. The number of nitrogens with one attached hydrogen (secondary N) is 1. The molecule has 1 unspecified atom stereocenters. The van der Waals surface area contributed by atoms with Gasteiger partial charge >= 0.3 is 0 Å². The van der Waals surface area contributed by atoms with E-state index < -0.39 is 0 Å². The van der Waals surface area contributed by atoms with Crippen LogP contribution in [0.2, 0.25) is 0 Å². The quantitative estimate of drug-likeness (QED) is 0.854. The van der Waals surface area contributed by atoms with Gasteiger partial charge in [0.1, 0.15) is 5.82 Å². The van der Waals surface area contributed by atoms with Gasteiger partial charge in [-0.05, 0) is 49.4 Å². The van der Waals surface area contributed by atoms with Crippen LogP contribution in [-0.2, 0) is 6.42 Å². The summed E-state index contributed by atoms with van der Waals surface area (Å²) in [5, 5.41) is 3.42. The summed E-state index contributed by atoms with van der Waals surface area (Å²) >= 11 is 0. The summed E-state index contributed by atoms with van der Waals surface area (Å²) in [6.07, 6.45) is 3.63. The molecule has 3 rings (SSSR count). The summed E-state index contributed by atoms with van der Waals surface area (Å²) in [5.74, 6) is 0.390. The van der Waals surface area contributed by atoms with Gasteiger partial charge in [0, 0.05) is 23.7 Å². The normalized spacial score (nSPS) is 17.6. The average molecular weight is 269 g/mol. The molecule has 0 radical (unpaired) electrons. The number of hydrogen-bond acceptors (Lipinski definition) is 1. The molecule has 104 valence electrons. The van der Waals surface area contributed by atoms with E-state index in [1.807, 2.05) is 13.0 Å². The van der Waals surface area contributed by atoms with Crippen molar-refractivity contribution in [2.75, 3.05) is 11.9 Å². The highest BCUT2D eigenvalue weighted by atomic mass is 19.1. The fourth-order valence-electron chi connectivity index (χ4n) is 3.10. The van der Waals surface area contributed by atoms with Crippen molar-refractivity contribution in [2.24, 2.45) is 0 Å². The van der Waals surface area contributed by atoms with Crippen molar-refractivity contribution in [1.82, 2.24) is 0 Å². The van der Waals surface area contributed by atoms with Crippen LogP contribution in [0.4, 0.5) is 10.1 Å². The largest absolute Gasteiger partial charge is 0.384 e. The van der Waals surface area contributed by atoms with Crippen molar-refractivity contribution < 1.29 is 4.39 Å². The van der Waals surface area contributed by atoms with E-state index in [2.05, 4.69) is 29.6 Å². The summed E-state index contributed by atoms with van der Waals surface area (Å²) in [6, 6.07) is 13.9. The first kappa shape index (κ1) is 13.2. The summed E-state index contributed by atoms with van der Waals surface area (Å²) < 4.78 is 13.5.